The molecule has 2 unspecified atom stereocenters. The van der Waals surface area contributed by atoms with Gasteiger partial charge in [0.2, 0.25) is 5.91 Å². The summed E-state index contributed by atoms with van der Waals surface area (Å²) < 4.78 is 1.58. The number of amides is 3. The highest BCUT2D eigenvalue weighted by Crippen LogP contribution is 2.44. The first-order valence-electron chi connectivity index (χ1n) is 13.0. The van der Waals surface area contributed by atoms with Crippen molar-refractivity contribution in [2.45, 2.75) is 44.7 Å². The summed E-state index contributed by atoms with van der Waals surface area (Å²) in [5, 5.41) is 2.72. The number of aromatic nitrogens is 2. The minimum absolute atomic E-state index is 0.131. The van der Waals surface area contributed by atoms with Crippen LogP contribution in [0.3, 0.4) is 0 Å². The zero-order chi connectivity index (χ0) is 25.6. The molecule has 36 heavy (non-hydrogen) atoms. The SMILES string of the molecule is CC(C)(N)C(=O)N1CCN(C(=O)Nc2ccn(C3=CCC(CN4CC5[C@@H](C4)[C@H]5N)CC3)c(=O)n2)CC1. The molecule has 0 aromatic carbocycles. The maximum Gasteiger partial charge on any atom is 0.353 e. The number of rotatable bonds is 5. The van der Waals surface area contributed by atoms with E-state index in [4.69, 9.17) is 11.5 Å². The van der Waals surface area contributed by atoms with Crippen LogP contribution in [0.4, 0.5) is 10.6 Å². The monoisotopic (exact) mass is 498 g/mol. The molecule has 2 aliphatic heterocycles. The lowest BCUT2D eigenvalue weighted by atomic mass is 9.92. The summed E-state index contributed by atoms with van der Waals surface area (Å²) in [6.07, 6.45) is 6.67. The lowest BCUT2D eigenvalue weighted by molar-refractivity contribution is -0.137. The van der Waals surface area contributed by atoms with Crippen LogP contribution in [0.25, 0.3) is 5.70 Å². The van der Waals surface area contributed by atoms with E-state index < -0.39 is 11.2 Å². The van der Waals surface area contributed by atoms with Crippen LogP contribution >= 0.6 is 0 Å². The summed E-state index contributed by atoms with van der Waals surface area (Å²) in [7, 11) is 0. The van der Waals surface area contributed by atoms with Crippen molar-refractivity contribution in [3.8, 4) is 0 Å². The Kier molecular flexibility index (Phi) is 6.65. The second kappa shape index (κ2) is 9.60. The van der Waals surface area contributed by atoms with Gasteiger partial charge in [-0.1, -0.05) is 6.08 Å². The Labute approximate surface area is 211 Å². The second-order valence-electron chi connectivity index (χ2n) is 11.4. The van der Waals surface area contributed by atoms with Crippen molar-refractivity contribution in [2.75, 3.05) is 51.1 Å². The Morgan fingerprint density at radius 2 is 1.81 bits per heavy atom. The number of nitrogens with zero attached hydrogens (tertiary/aromatic N) is 5. The molecule has 3 heterocycles. The summed E-state index contributed by atoms with van der Waals surface area (Å²) in [6, 6.07) is 1.75. The highest BCUT2D eigenvalue weighted by molar-refractivity contribution is 5.89. The predicted molar refractivity (Wildman–Crippen MR) is 137 cm³/mol. The third kappa shape index (κ3) is 5.18. The van der Waals surface area contributed by atoms with Gasteiger partial charge in [0, 0.05) is 63.7 Å². The van der Waals surface area contributed by atoms with Crippen molar-refractivity contribution in [1.29, 1.82) is 0 Å². The fourth-order valence-corrected chi connectivity index (χ4v) is 5.83. The highest BCUT2D eigenvalue weighted by Gasteiger charge is 2.53. The number of fused-ring (bicyclic) bond motifs is 1. The second-order valence-corrected chi connectivity index (χ2v) is 11.4. The summed E-state index contributed by atoms with van der Waals surface area (Å²) in [6.45, 7) is 8.35. The van der Waals surface area contributed by atoms with Crippen LogP contribution in [0.15, 0.2) is 23.1 Å². The molecule has 2 aliphatic carbocycles. The fourth-order valence-electron chi connectivity index (χ4n) is 5.83. The fraction of sp³-hybridized carbons (Fsp3) is 0.680. The molecule has 0 radical (unpaired) electrons. The number of carbonyl (C=O) groups excluding carboxylic acids is 2. The van der Waals surface area contributed by atoms with Gasteiger partial charge in [-0.05, 0) is 56.9 Å². The molecule has 3 fully saturated rings. The van der Waals surface area contributed by atoms with E-state index in [1.165, 1.54) is 0 Å². The van der Waals surface area contributed by atoms with E-state index in [1.54, 1.807) is 40.5 Å². The summed E-state index contributed by atoms with van der Waals surface area (Å²) in [5.74, 6) is 2.12. The Morgan fingerprint density at radius 1 is 1.14 bits per heavy atom. The van der Waals surface area contributed by atoms with E-state index in [2.05, 4.69) is 21.3 Å². The number of piperidine rings is 1. The summed E-state index contributed by atoms with van der Waals surface area (Å²) in [4.78, 5) is 47.6. The van der Waals surface area contributed by atoms with Crippen molar-refractivity contribution < 1.29 is 9.59 Å². The first-order valence-corrected chi connectivity index (χ1v) is 13.0. The van der Waals surface area contributed by atoms with Gasteiger partial charge >= 0.3 is 11.7 Å². The van der Waals surface area contributed by atoms with Gasteiger partial charge < -0.3 is 26.2 Å². The molecule has 11 heteroatoms. The van der Waals surface area contributed by atoms with Crippen LogP contribution < -0.4 is 22.5 Å². The van der Waals surface area contributed by atoms with Crippen molar-refractivity contribution in [3.63, 3.8) is 0 Å². The Bertz CT molecular complexity index is 1090. The molecule has 0 spiro atoms. The quantitative estimate of drug-likeness (QED) is 0.526. The Hall–Kier alpha value is -2.76. The number of hydrogen-bond acceptors (Lipinski definition) is 7. The lowest BCUT2D eigenvalue weighted by Gasteiger charge is -2.37. The molecule has 5 N–H and O–H groups in total. The first kappa shape index (κ1) is 24.9. The first-order chi connectivity index (χ1) is 17.1. The number of carbonyl (C=O) groups is 2. The zero-order valence-corrected chi connectivity index (χ0v) is 21.2. The van der Waals surface area contributed by atoms with Crippen molar-refractivity contribution in [1.82, 2.24) is 24.3 Å². The molecule has 5 rings (SSSR count). The molecule has 11 nitrogen and oxygen atoms in total. The largest absolute Gasteiger partial charge is 0.353 e. The number of allylic oxidation sites excluding steroid dienone is 2. The van der Waals surface area contributed by atoms with Crippen LogP contribution in [0.5, 0.6) is 0 Å². The maximum absolute atomic E-state index is 12.7. The average molecular weight is 499 g/mol. The topological polar surface area (TPSA) is 143 Å². The van der Waals surface area contributed by atoms with Crippen LogP contribution in [0.1, 0.15) is 33.1 Å². The predicted octanol–water partition coefficient (Wildman–Crippen LogP) is 0.187. The van der Waals surface area contributed by atoms with E-state index in [0.29, 0.717) is 50.0 Å². The number of nitrogens with two attached hydrogens (primary N) is 2. The average Bonchev–Trinajstić information content (AvgIpc) is 3.23. The molecule has 3 amide bonds. The number of urea groups is 1. The number of piperazine rings is 1. The van der Waals surface area contributed by atoms with Gasteiger partial charge in [-0.25, -0.2) is 9.59 Å². The van der Waals surface area contributed by atoms with Gasteiger partial charge in [0.25, 0.3) is 0 Å². The smallest absolute Gasteiger partial charge is 0.338 e. The van der Waals surface area contributed by atoms with Crippen molar-refractivity contribution in [3.05, 3.63) is 28.8 Å². The molecule has 0 bridgehead atoms. The molecule has 1 aromatic rings. The molecule has 1 aromatic heterocycles. The van der Waals surface area contributed by atoms with Crippen LogP contribution in [0, 0.1) is 17.8 Å². The third-order valence-corrected chi connectivity index (χ3v) is 8.10. The van der Waals surface area contributed by atoms with Gasteiger partial charge in [-0.2, -0.15) is 4.98 Å². The number of likely N-dealkylation sites (tertiary alicyclic amines) is 1. The standard InChI is InChI=1S/C25H38N8O3/c1-25(2,27)22(34)31-9-11-32(12-10-31)23(35)28-20-7-8-33(24(36)29-20)17-5-3-16(4-6-17)13-30-14-18-19(15-30)21(18)26/h5,7-8,16,18-19,21H,3-4,6,9-15,26-27H2,1-2H3,(H,28,29,35,36)/t16?,18-,19?,21-/m1/s1. The molecule has 2 saturated heterocycles. The third-order valence-electron chi connectivity index (χ3n) is 8.10. The van der Waals surface area contributed by atoms with E-state index in [-0.39, 0.29) is 17.8 Å². The van der Waals surface area contributed by atoms with Crippen LogP contribution in [-0.4, -0.2) is 93.6 Å². The minimum Gasteiger partial charge on any atom is -0.338 e. The van der Waals surface area contributed by atoms with Gasteiger partial charge in [-0.15, -0.1) is 0 Å². The van der Waals surface area contributed by atoms with Gasteiger partial charge in [0.1, 0.15) is 5.82 Å². The molecule has 1 saturated carbocycles. The van der Waals surface area contributed by atoms with E-state index >= 15 is 0 Å². The van der Waals surface area contributed by atoms with Gasteiger partial charge in [0.15, 0.2) is 0 Å². The van der Waals surface area contributed by atoms with E-state index in [0.717, 1.165) is 44.6 Å². The maximum atomic E-state index is 12.7. The van der Waals surface area contributed by atoms with E-state index in [9.17, 15) is 14.4 Å². The van der Waals surface area contributed by atoms with Gasteiger partial charge in [0.05, 0.1) is 5.54 Å². The minimum atomic E-state index is -0.935. The number of nitrogens with one attached hydrogen (secondary N) is 1. The molecular weight excluding hydrogens is 460 g/mol. The molecule has 4 atom stereocenters. The molecular formula is C25H38N8O3. The highest BCUT2D eigenvalue weighted by atomic mass is 16.2. The van der Waals surface area contributed by atoms with Crippen molar-refractivity contribution >= 4 is 23.5 Å². The van der Waals surface area contributed by atoms with E-state index in [1.807, 2.05) is 0 Å². The van der Waals surface area contributed by atoms with Crippen molar-refractivity contribution in [2.24, 2.45) is 29.2 Å². The normalized spacial score (nSPS) is 28.5. The van der Waals surface area contributed by atoms with Crippen LogP contribution in [-0.2, 0) is 4.79 Å². The van der Waals surface area contributed by atoms with Crippen LogP contribution in [0.2, 0.25) is 0 Å². The Morgan fingerprint density at radius 3 is 2.39 bits per heavy atom. The summed E-state index contributed by atoms with van der Waals surface area (Å²) in [5.41, 5.74) is 11.6. The Balaban J connectivity index is 1.11. The molecule has 196 valence electrons. The van der Waals surface area contributed by atoms with Gasteiger partial charge in [-0.3, -0.25) is 14.7 Å². The zero-order valence-electron chi connectivity index (χ0n) is 21.2. The number of anilines is 1. The lowest BCUT2D eigenvalue weighted by Crippen LogP contribution is -2.58. The summed E-state index contributed by atoms with van der Waals surface area (Å²) >= 11 is 0. The molecule has 4 aliphatic rings. The number of hydrogen-bond donors (Lipinski definition) is 3.